The third-order valence-corrected chi connectivity index (χ3v) is 1.31. The first-order valence-corrected chi connectivity index (χ1v) is 3.71. The molecular formula is C8H8N2O4. The second-order valence-corrected chi connectivity index (χ2v) is 2.23. The Bertz CT molecular complexity index is 367. The van der Waals surface area contributed by atoms with Gasteiger partial charge in [0.15, 0.2) is 0 Å². The van der Waals surface area contributed by atoms with Gasteiger partial charge in [0, 0.05) is 0 Å². The molecule has 0 radical (unpaired) electrons. The van der Waals surface area contributed by atoms with E-state index in [-0.39, 0.29) is 5.88 Å². The lowest BCUT2D eigenvalue weighted by Crippen LogP contribution is -1.82. The van der Waals surface area contributed by atoms with Gasteiger partial charge < -0.3 is 9.25 Å². The molecule has 0 saturated carbocycles. The van der Waals surface area contributed by atoms with Gasteiger partial charge in [-0.15, -0.1) is 0 Å². The minimum absolute atomic E-state index is 0.284. The number of oxime groups is 1. The molecule has 1 rings (SSSR count). The smallest absolute Gasteiger partial charge is 0.401 e. The average Bonchev–Trinajstić information content (AvgIpc) is 2.61. The lowest BCUT2D eigenvalue weighted by Gasteiger charge is -1.82. The monoisotopic (exact) mass is 196 g/mol. The molecule has 6 heteroatoms. The number of hydrogen-bond donors (Lipinski definition) is 0. The molecule has 1 aromatic heterocycles. The van der Waals surface area contributed by atoms with Crippen molar-refractivity contribution in [3.05, 3.63) is 34.1 Å². The van der Waals surface area contributed by atoms with Crippen LogP contribution in [0.2, 0.25) is 0 Å². The van der Waals surface area contributed by atoms with E-state index in [2.05, 4.69) is 9.99 Å². The number of allylic oxidation sites excluding steroid dienone is 1. The molecule has 0 unspecified atom stereocenters. The molecule has 6 nitrogen and oxygen atoms in total. The van der Waals surface area contributed by atoms with Gasteiger partial charge in [0.1, 0.15) is 17.8 Å². The highest BCUT2D eigenvalue weighted by Crippen LogP contribution is 2.16. The van der Waals surface area contributed by atoms with Crippen molar-refractivity contribution in [3.8, 4) is 0 Å². The van der Waals surface area contributed by atoms with Crippen molar-refractivity contribution in [2.75, 3.05) is 7.11 Å². The van der Waals surface area contributed by atoms with Crippen molar-refractivity contribution in [2.24, 2.45) is 5.16 Å². The third kappa shape index (κ3) is 2.74. The van der Waals surface area contributed by atoms with E-state index in [1.54, 1.807) is 6.08 Å². The van der Waals surface area contributed by atoms with Crippen LogP contribution in [0, 0.1) is 10.1 Å². The lowest BCUT2D eigenvalue weighted by atomic mass is 10.4. The highest BCUT2D eigenvalue weighted by Gasteiger charge is 2.09. The number of hydrogen-bond acceptors (Lipinski definition) is 5. The van der Waals surface area contributed by atoms with Crippen LogP contribution in [-0.4, -0.2) is 18.2 Å². The number of nitro groups is 1. The largest absolute Gasteiger partial charge is 0.433 e. The summed E-state index contributed by atoms with van der Waals surface area (Å²) in [4.78, 5) is 14.0. The SMILES string of the molecule is CO/N=C/C=C/c1ccc([N+](=O)[O-])o1. The fourth-order valence-electron chi connectivity index (χ4n) is 0.764. The molecular weight excluding hydrogens is 188 g/mol. The molecule has 0 aliphatic carbocycles. The zero-order chi connectivity index (χ0) is 10.4. The van der Waals surface area contributed by atoms with Crippen molar-refractivity contribution < 1.29 is 14.2 Å². The molecule has 1 aromatic rings. The van der Waals surface area contributed by atoms with Crippen LogP contribution in [0.1, 0.15) is 5.76 Å². The topological polar surface area (TPSA) is 77.9 Å². The van der Waals surface area contributed by atoms with Crippen LogP contribution in [0.3, 0.4) is 0 Å². The summed E-state index contributed by atoms with van der Waals surface area (Å²) in [6.07, 6.45) is 4.48. The van der Waals surface area contributed by atoms with Crippen molar-refractivity contribution >= 4 is 18.2 Å². The minimum Gasteiger partial charge on any atom is -0.401 e. The average molecular weight is 196 g/mol. The molecule has 0 atom stereocenters. The molecule has 0 amide bonds. The van der Waals surface area contributed by atoms with Crippen LogP contribution in [0.15, 0.2) is 27.8 Å². The van der Waals surface area contributed by atoms with Gasteiger partial charge in [-0.05, 0) is 18.2 Å². The second-order valence-electron chi connectivity index (χ2n) is 2.23. The Hall–Kier alpha value is -2.11. The van der Waals surface area contributed by atoms with E-state index in [9.17, 15) is 10.1 Å². The van der Waals surface area contributed by atoms with Crippen LogP contribution < -0.4 is 0 Å². The van der Waals surface area contributed by atoms with E-state index in [4.69, 9.17) is 4.42 Å². The Kier molecular flexibility index (Phi) is 3.42. The van der Waals surface area contributed by atoms with Crippen molar-refractivity contribution in [2.45, 2.75) is 0 Å². The molecule has 0 saturated heterocycles. The quantitative estimate of drug-likeness (QED) is 0.418. The first-order chi connectivity index (χ1) is 6.74. The highest BCUT2D eigenvalue weighted by molar-refractivity contribution is 5.76. The first kappa shape index (κ1) is 9.97. The van der Waals surface area contributed by atoms with Gasteiger partial charge in [-0.3, -0.25) is 10.1 Å². The Morgan fingerprint density at radius 3 is 3.00 bits per heavy atom. The fourth-order valence-corrected chi connectivity index (χ4v) is 0.764. The maximum Gasteiger partial charge on any atom is 0.433 e. The predicted octanol–water partition coefficient (Wildman–Crippen LogP) is 1.83. The van der Waals surface area contributed by atoms with Crippen LogP contribution in [0.25, 0.3) is 6.08 Å². The molecule has 0 aliphatic heterocycles. The lowest BCUT2D eigenvalue weighted by molar-refractivity contribution is -0.402. The minimum atomic E-state index is -0.597. The first-order valence-electron chi connectivity index (χ1n) is 3.71. The summed E-state index contributed by atoms with van der Waals surface area (Å²) in [5.74, 6) is 0.104. The van der Waals surface area contributed by atoms with E-state index in [0.717, 1.165) is 0 Å². The van der Waals surface area contributed by atoms with Gasteiger partial charge in [0.25, 0.3) is 0 Å². The zero-order valence-electron chi connectivity index (χ0n) is 7.41. The molecule has 0 N–H and O–H groups in total. The van der Waals surface area contributed by atoms with Gasteiger partial charge in [-0.1, -0.05) is 5.16 Å². The van der Waals surface area contributed by atoms with Crippen molar-refractivity contribution in [3.63, 3.8) is 0 Å². The predicted molar refractivity (Wildman–Crippen MR) is 49.9 cm³/mol. The Labute approximate surface area is 79.6 Å². The summed E-state index contributed by atoms with van der Waals surface area (Å²) in [6, 6.07) is 2.78. The maximum absolute atomic E-state index is 10.2. The van der Waals surface area contributed by atoms with Gasteiger partial charge in [-0.25, -0.2) is 0 Å². The van der Waals surface area contributed by atoms with E-state index in [1.165, 1.54) is 31.5 Å². The van der Waals surface area contributed by atoms with Crippen LogP contribution in [0.4, 0.5) is 5.88 Å². The normalized spacial score (nSPS) is 11.2. The molecule has 74 valence electrons. The molecule has 0 fully saturated rings. The van der Waals surface area contributed by atoms with E-state index in [0.29, 0.717) is 5.76 Å². The van der Waals surface area contributed by atoms with Gasteiger partial charge in [-0.2, -0.15) is 0 Å². The molecule has 0 aliphatic rings. The van der Waals surface area contributed by atoms with E-state index in [1.807, 2.05) is 0 Å². The second kappa shape index (κ2) is 4.80. The van der Waals surface area contributed by atoms with Gasteiger partial charge in [0.2, 0.25) is 0 Å². The van der Waals surface area contributed by atoms with E-state index >= 15 is 0 Å². The maximum atomic E-state index is 10.2. The Morgan fingerprint density at radius 1 is 1.64 bits per heavy atom. The highest BCUT2D eigenvalue weighted by atomic mass is 16.6. The summed E-state index contributed by atoms with van der Waals surface area (Å²) in [5.41, 5.74) is 0. The summed E-state index contributed by atoms with van der Waals surface area (Å²) < 4.78 is 4.84. The van der Waals surface area contributed by atoms with E-state index < -0.39 is 4.92 Å². The molecule has 1 heterocycles. The summed E-state index contributed by atoms with van der Waals surface area (Å²) in [7, 11) is 1.42. The van der Waals surface area contributed by atoms with Crippen LogP contribution in [-0.2, 0) is 4.84 Å². The zero-order valence-corrected chi connectivity index (χ0v) is 7.41. The molecule has 0 aromatic carbocycles. The summed E-state index contributed by atoms with van der Waals surface area (Å²) in [5, 5.41) is 13.7. The Balaban J connectivity index is 2.64. The number of rotatable bonds is 4. The number of nitrogens with zero attached hydrogens (tertiary/aromatic N) is 2. The van der Waals surface area contributed by atoms with Gasteiger partial charge >= 0.3 is 5.88 Å². The van der Waals surface area contributed by atoms with Gasteiger partial charge in [0.05, 0.1) is 12.3 Å². The summed E-state index contributed by atoms with van der Waals surface area (Å²) >= 11 is 0. The Morgan fingerprint density at radius 2 is 2.43 bits per heavy atom. The third-order valence-electron chi connectivity index (χ3n) is 1.31. The molecule has 0 bridgehead atoms. The number of furan rings is 1. The molecule has 0 spiro atoms. The fraction of sp³-hybridized carbons (Fsp3) is 0.125. The summed E-state index contributed by atoms with van der Waals surface area (Å²) in [6.45, 7) is 0. The van der Waals surface area contributed by atoms with Crippen molar-refractivity contribution in [1.82, 2.24) is 0 Å². The molecule has 14 heavy (non-hydrogen) atoms. The standard InChI is InChI=1S/C8H8N2O4/c1-13-9-6-2-3-7-4-5-8(14-7)10(11)12/h2-6H,1H3/b3-2+,9-6+. The van der Waals surface area contributed by atoms with Crippen LogP contribution in [0.5, 0.6) is 0 Å². The van der Waals surface area contributed by atoms with Crippen LogP contribution >= 0.6 is 0 Å². The van der Waals surface area contributed by atoms with Crippen molar-refractivity contribution in [1.29, 1.82) is 0 Å².